The normalized spacial score (nSPS) is 18.0. The van der Waals surface area contributed by atoms with E-state index in [1.807, 2.05) is 18.2 Å². The van der Waals surface area contributed by atoms with Gasteiger partial charge in [0.1, 0.15) is 0 Å². The number of nitrogens with zero attached hydrogens (tertiary/aromatic N) is 3. The lowest BCUT2D eigenvalue weighted by atomic mass is 10.2. The van der Waals surface area contributed by atoms with Gasteiger partial charge in [-0.25, -0.2) is 4.79 Å². The predicted octanol–water partition coefficient (Wildman–Crippen LogP) is 2.08. The first-order valence-electron chi connectivity index (χ1n) is 7.04. The Bertz CT molecular complexity index is 696. The van der Waals surface area contributed by atoms with Crippen LogP contribution in [0.4, 0.5) is 9.93 Å². The lowest BCUT2D eigenvalue weighted by Crippen LogP contribution is -2.48. The minimum atomic E-state index is -0.345. The fraction of sp³-hybridized carbons (Fsp3) is 0.357. The standard InChI is InChI=1S/C14H15ClN4O3S/c15-11-4-2-1-3-10(11)12-16-13(23-18-12)17-14(21)19-5-6-22-9(7-19)8-20/h1-4,9,20H,5-8H2,(H,16,17,18,21). The van der Waals surface area contributed by atoms with E-state index < -0.39 is 0 Å². The molecule has 0 bridgehead atoms. The molecule has 0 radical (unpaired) electrons. The third-order valence-corrected chi connectivity index (χ3v) is 4.34. The maximum atomic E-state index is 12.2. The molecule has 1 unspecified atom stereocenters. The van der Waals surface area contributed by atoms with Gasteiger partial charge in [-0.2, -0.15) is 9.36 Å². The van der Waals surface area contributed by atoms with Gasteiger partial charge in [0.15, 0.2) is 5.82 Å². The number of morpholine rings is 1. The number of anilines is 1. The third-order valence-electron chi connectivity index (χ3n) is 3.38. The molecule has 0 spiro atoms. The summed E-state index contributed by atoms with van der Waals surface area (Å²) in [6, 6.07) is 6.98. The molecule has 2 aromatic rings. The molecule has 23 heavy (non-hydrogen) atoms. The molecular formula is C14H15ClN4O3S. The summed E-state index contributed by atoms with van der Waals surface area (Å²) in [7, 11) is 0. The zero-order valence-corrected chi connectivity index (χ0v) is 13.7. The number of carbonyl (C=O) groups excluding carboxylic acids is 1. The van der Waals surface area contributed by atoms with Gasteiger partial charge in [-0.05, 0) is 12.1 Å². The Balaban J connectivity index is 1.67. The van der Waals surface area contributed by atoms with E-state index in [1.165, 1.54) is 0 Å². The van der Waals surface area contributed by atoms with Gasteiger partial charge in [0.2, 0.25) is 5.13 Å². The zero-order chi connectivity index (χ0) is 16.2. The van der Waals surface area contributed by atoms with Gasteiger partial charge in [-0.1, -0.05) is 23.7 Å². The van der Waals surface area contributed by atoms with Gasteiger partial charge < -0.3 is 14.7 Å². The Hall–Kier alpha value is -1.74. The summed E-state index contributed by atoms with van der Waals surface area (Å²) in [6.07, 6.45) is -0.345. The van der Waals surface area contributed by atoms with Crippen molar-refractivity contribution in [3.63, 3.8) is 0 Å². The van der Waals surface area contributed by atoms with Crippen molar-refractivity contribution in [2.24, 2.45) is 0 Å². The molecule has 1 atom stereocenters. The molecule has 1 aliphatic rings. The topological polar surface area (TPSA) is 87.6 Å². The summed E-state index contributed by atoms with van der Waals surface area (Å²) < 4.78 is 9.55. The van der Waals surface area contributed by atoms with Crippen LogP contribution in [0.2, 0.25) is 5.02 Å². The number of halogens is 1. The van der Waals surface area contributed by atoms with Crippen LogP contribution < -0.4 is 5.32 Å². The van der Waals surface area contributed by atoms with Gasteiger partial charge in [-0.3, -0.25) is 5.32 Å². The van der Waals surface area contributed by atoms with Crippen LogP contribution in [0, 0.1) is 0 Å². The number of rotatable bonds is 3. The molecule has 1 aromatic carbocycles. The number of aromatic nitrogens is 2. The van der Waals surface area contributed by atoms with E-state index in [9.17, 15) is 4.79 Å². The minimum absolute atomic E-state index is 0.112. The van der Waals surface area contributed by atoms with E-state index in [2.05, 4.69) is 14.7 Å². The van der Waals surface area contributed by atoms with Crippen LogP contribution in [-0.2, 0) is 4.74 Å². The highest BCUT2D eigenvalue weighted by atomic mass is 35.5. The Morgan fingerprint density at radius 2 is 2.35 bits per heavy atom. The van der Waals surface area contributed by atoms with Crippen molar-refractivity contribution in [3.8, 4) is 11.4 Å². The monoisotopic (exact) mass is 354 g/mol. The molecule has 3 rings (SSSR count). The SMILES string of the molecule is O=C(Nc1nc(-c2ccccc2Cl)ns1)N1CCOC(CO)C1. The van der Waals surface area contributed by atoms with Crippen molar-refractivity contribution in [2.45, 2.75) is 6.10 Å². The smallest absolute Gasteiger partial charge is 0.323 e. The molecule has 0 aliphatic carbocycles. The molecule has 1 saturated heterocycles. The van der Waals surface area contributed by atoms with Crippen molar-refractivity contribution in [1.82, 2.24) is 14.3 Å². The van der Waals surface area contributed by atoms with Crippen molar-refractivity contribution in [1.29, 1.82) is 0 Å². The first kappa shape index (κ1) is 16.1. The Kier molecular flexibility index (Phi) is 5.06. The molecular weight excluding hydrogens is 340 g/mol. The number of ether oxygens (including phenoxy) is 1. The summed E-state index contributed by atoms with van der Waals surface area (Å²) in [4.78, 5) is 18.1. The van der Waals surface area contributed by atoms with Crippen molar-refractivity contribution >= 4 is 34.3 Å². The summed E-state index contributed by atoms with van der Waals surface area (Å²) in [5.74, 6) is 0.478. The first-order chi connectivity index (χ1) is 11.2. The predicted molar refractivity (Wildman–Crippen MR) is 87.8 cm³/mol. The number of hydrogen-bond donors (Lipinski definition) is 2. The second kappa shape index (κ2) is 7.22. The van der Waals surface area contributed by atoms with Gasteiger partial charge in [0, 0.05) is 23.6 Å². The summed E-state index contributed by atoms with van der Waals surface area (Å²) in [5, 5.41) is 12.8. The highest BCUT2D eigenvalue weighted by molar-refractivity contribution is 7.10. The fourth-order valence-electron chi connectivity index (χ4n) is 2.21. The molecule has 2 N–H and O–H groups in total. The highest BCUT2D eigenvalue weighted by Gasteiger charge is 2.24. The van der Waals surface area contributed by atoms with Crippen LogP contribution in [0.3, 0.4) is 0 Å². The fourth-order valence-corrected chi connectivity index (χ4v) is 3.00. The molecule has 122 valence electrons. The average Bonchev–Trinajstić information content (AvgIpc) is 3.03. The number of nitrogens with one attached hydrogen (secondary N) is 1. The van der Waals surface area contributed by atoms with Gasteiger partial charge in [-0.15, -0.1) is 0 Å². The van der Waals surface area contributed by atoms with Gasteiger partial charge in [0.25, 0.3) is 0 Å². The van der Waals surface area contributed by atoms with Crippen molar-refractivity contribution < 1.29 is 14.6 Å². The Morgan fingerprint density at radius 3 is 3.13 bits per heavy atom. The molecule has 1 aromatic heterocycles. The number of benzene rings is 1. The van der Waals surface area contributed by atoms with E-state index in [1.54, 1.807) is 11.0 Å². The van der Waals surface area contributed by atoms with E-state index in [0.29, 0.717) is 35.7 Å². The number of amides is 2. The van der Waals surface area contributed by atoms with Crippen molar-refractivity contribution in [2.75, 3.05) is 31.6 Å². The highest BCUT2D eigenvalue weighted by Crippen LogP contribution is 2.27. The van der Waals surface area contributed by atoms with Crippen LogP contribution >= 0.6 is 23.1 Å². The third kappa shape index (κ3) is 3.78. The molecule has 9 heteroatoms. The zero-order valence-electron chi connectivity index (χ0n) is 12.1. The van der Waals surface area contributed by atoms with Crippen LogP contribution in [0.15, 0.2) is 24.3 Å². The second-order valence-electron chi connectivity index (χ2n) is 4.95. The molecule has 1 aliphatic heterocycles. The first-order valence-corrected chi connectivity index (χ1v) is 8.19. The lowest BCUT2D eigenvalue weighted by molar-refractivity contribution is -0.0388. The van der Waals surface area contributed by atoms with Gasteiger partial charge >= 0.3 is 6.03 Å². The van der Waals surface area contributed by atoms with Crippen LogP contribution in [-0.4, -0.2) is 57.8 Å². The van der Waals surface area contributed by atoms with Crippen LogP contribution in [0.5, 0.6) is 0 Å². The minimum Gasteiger partial charge on any atom is -0.394 e. The maximum Gasteiger partial charge on any atom is 0.323 e. The van der Waals surface area contributed by atoms with E-state index in [-0.39, 0.29) is 18.7 Å². The van der Waals surface area contributed by atoms with E-state index in [0.717, 1.165) is 17.1 Å². The number of aliphatic hydroxyl groups excluding tert-OH is 1. The van der Waals surface area contributed by atoms with Crippen molar-refractivity contribution in [3.05, 3.63) is 29.3 Å². The number of aliphatic hydroxyl groups is 1. The molecule has 2 heterocycles. The van der Waals surface area contributed by atoms with E-state index in [4.69, 9.17) is 21.4 Å². The molecule has 1 fully saturated rings. The number of carbonyl (C=O) groups is 1. The summed E-state index contributed by atoms with van der Waals surface area (Å²) in [5.41, 5.74) is 0.720. The second-order valence-corrected chi connectivity index (χ2v) is 6.11. The lowest BCUT2D eigenvalue weighted by Gasteiger charge is -2.31. The Morgan fingerprint density at radius 1 is 1.52 bits per heavy atom. The molecule has 2 amide bonds. The largest absolute Gasteiger partial charge is 0.394 e. The number of urea groups is 1. The Labute approximate surface area is 142 Å². The van der Waals surface area contributed by atoms with Gasteiger partial charge in [0.05, 0.1) is 30.9 Å². The summed E-state index contributed by atoms with van der Waals surface area (Å²) in [6.45, 7) is 1.11. The quantitative estimate of drug-likeness (QED) is 0.881. The number of hydrogen-bond acceptors (Lipinski definition) is 6. The van der Waals surface area contributed by atoms with Crippen LogP contribution in [0.25, 0.3) is 11.4 Å². The van der Waals surface area contributed by atoms with Crippen LogP contribution in [0.1, 0.15) is 0 Å². The van der Waals surface area contributed by atoms with E-state index >= 15 is 0 Å². The summed E-state index contributed by atoms with van der Waals surface area (Å²) >= 11 is 7.21. The molecule has 0 saturated carbocycles. The molecule has 7 nitrogen and oxygen atoms in total. The maximum absolute atomic E-state index is 12.2. The average molecular weight is 355 g/mol.